The summed E-state index contributed by atoms with van der Waals surface area (Å²) in [5.74, 6) is 0. The van der Waals surface area contributed by atoms with E-state index in [1.165, 1.54) is 21.9 Å². The maximum absolute atomic E-state index is 8.50. The van der Waals surface area contributed by atoms with Crippen LogP contribution >= 0.6 is 0 Å². The predicted octanol–water partition coefficient (Wildman–Crippen LogP) is 3.99. The van der Waals surface area contributed by atoms with Crippen molar-refractivity contribution in [1.29, 1.82) is 5.26 Å². The number of nitriles is 1. The molecule has 0 aromatic heterocycles. The molecular formula is C15H15N. The van der Waals surface area contributed by atoms with Crippen molar-refractivity contribution in [2.24, 2.45) is 0 Å². The van der Waals surface area contributed by atoms with E-state index in [4.69, 9.17) is 5.26 Å². The van der Waals surface area contributed by atoms with E-state index in [1.807, 2.05) is 0 Å². The SMILES string of the molecule is Cc1ccc2cc(CCCC#N)ccc2c1. The molecule has 2 rings (SSSR count). The van der Waals surface area contributed by atoms with Crippen molar-refractivity contribution in [3.8, 4) is 6.07 Å². The molecule has 0 unspecified atom stereocenters. The van der Waals surface area contributed by atoms with Crippen LogP contribution < -0.4 is 0 Å². The van der Waals surface area contributed by atoms with Crippen LogP contribution in [-0.4, -0.2) is 0 Å². The molecule has 0 atom stereocenters. The van der Waals surface area contributed by atoms with E-state index in [0.29, 0.717) is 6.42 Å². The molecule has 0 spiro atoms. The molecule has 0 aliphatic carbocycles. The number of unbranched alkanes of at least 4 members (excludes halogenated alkanes) is 1. The predicted molar refractivity (Wildman–Crippen MR) is 67.2 cm³/mol. The number of hydrogen-bond donors (Lipinski definition) is 0. The third-order valence-corrected chi connectivity index (χ3v) is 2.81. The fraction of sp³-hybridized carbons (Fsp3) is 0.267. The Hall–Kier alpha value is -1.81. The lowest BCUT2D eigenvalue weighted by molar-refractivity contribution is 0.851. The van der Waals surface area contributed by atoms with Gasteiger partial charge in [-0.25, -0.2) is 0 Å². The normalized spacial score (nSPS) is 10.2. The van der Waals surface area contributed by atoms with Gasteiger partial charge < -0.3 is 0 Å². The number of rotatable bonds is 3. The maximum Gasteiger partial charge on any atom is 0.0621 e. The van der Waals surface area contributed by atoms with Crippen molar-refractivity contribution >= 4 is 10.8 Å². The summed E-state index contributed by atoms with van der Waals surface area (Å²) in [5.41, 5.74) is 2.62. The van der Waals surface area contributed by atoms with Crippen LogP contribution in [0.4, 0.5) is 0 Å². The van der Waals surface area contributed by atoms with Crippen LogP contribution in [0.25, 0.3) is 10.8 Å². The summed E-state index contributed by atoms with van der Waals surface area (Å²) in [7, 11) is 0. The number of aryl methyl sites for hydroxylation is 2. The second kappa shape index (κ2) is 4.81. The Labute approximate surface area is 96.3 Å². The van der Waals surface area contributed by atoms with Crippen LogP contribution in [0.1, 0.15) is 24.0 Å². The summed E-state index contributed by atoms with van der Waals surface area (Å²) in [6, 6.07) is 15.3. The smallest absolute Gasteiger partial charge is 0.0621 e. The summed E-state index contributed by atoms with van der Waals surface area (Å²) >= 11 is 0. The number of nitrogens with zero attached hydrogens (tertiary/aromatic N) is 1. The Morgan fingerprint density at radius 3 is 2.62 bits per heavy atom. The molecular weight excluding hydrogens is 194 g/mol. The van der Waals surface area contributed by atoms with E-state index in [1.54, 1.807) is 0 Å². The van der Waals surface area contributed by atoms with Crippen LogP contribution in [0.3, 0.4) is 0 Å². The first kappa shape index (κ1) is 10.7. The van der Waals surface area contributed by atoms with Crippen molar-refractivity contribution in [3.63, 3.8) is 0 Å². The summed E-state index contributed by atoms with van der Waals surface area (Å²) in [5, 5.41) is 11.1. The van der Waals surface area contributed by atoms with Crippen LogP contribution in [0.15, 0.2) is 36.4 Å². The van der Waals surface area contributed by atoms with Gasteiger partial charge in [0.25, 0.3) is 0 Å². The van der Waals surface area contributed by atoms with Crippen molar-refractivity contribution < 1.29 is 0 Å². The minimum absolute atomic E-state index is 0.645. The Morgan fingerprint density at radius 1 is 1.06 bits per heavy atom. The Balaban J connectivity index is 2.24. The maximum atomic E-state index is 8.50. The topological polar surface area (TPSA) is 23.8 Å². The molecule has 0 N–H and O–H groups in total. The number of benzene rings is 2. The van der Waals surface area contributed by atoms with Gasteiger partial charge in [0.2, 0.25) is 0 Å². The van der Waals surface area contributed by atoms with Gasteiger partial charge in [0, 0.05) is 6.42 Å². The lowest BCUT2D eigenvalue weighted by atomic mass is 10.0. The zero-order chi connectivity index (χ0) is 11.4. The molecule has 0 aliphatic heterocycles. The first-order valence-corrected chi connectivity index (χ1v) is 5.66. The quantitative estimate of drug-likeness (QED) is 0.701. The van der Waals surface area contributed by atoms with E-state index in [9.17, 15) is 0 Å². The second-order valence-corrected chi connectivity index (χ2v) is 4.20. The lowest BCUT2D eigenvalue weighted by Gasteiger charge is -2.03. The van der Waals surface area contributed by atoms with Gasteiger partial charge in [0.05, 0.1) is 6.07 Å². The third kappa shape index (κ3) is 2.41. The zero-order valence-corrected chi connectivity index (χ0v) is 9.53. The van der Waals surface area contributed by atoms with E-state index in [0.717, 1.165) is 12.8 Å². The average Bonchev–Trinajstić information content (AvgIpc) is 2.29. The molecule has 0 radical (unpaired) electrons. The lowest BCUT2D eigenvalue weighted by Crippen LogP contribution is -1.85. The molecule has 1 heteroatoms. The molecule has 0 fully saturated rings. The van der Waals surface area contributed by atoms with Crippen LogP contribution in [-0.2, 0) is 6.42 Å². The molecule has 0 saturated heterocycles. The summed E-state index contributed by atoms with van der Waals surface area (Å²) < 4.78 is 0. The monoisotopic (exact) mass is 209 g/mol. The largest absolute Gasteiger partial charge is 0.198 e. The van der Waals surface area contributed by atoms with Crippen molar-refractivity contribution in [1.82, 2.24) is 0 Å². The highest BCUT2D eigenvalue weighted by atomic mass is 14.2. The van der Waals surface area contributed by atoms with Crippen LogP contribution in [0, 0.1) is 18.3 Å². The van der Waals surface area contributed by atoms with Gasteiger partial charge in [-0.3, -0.25) is 0 Å². The molecule has 0 aliphatic rings. The fourth-order valence-corrected chi connectivity index (χ4v) is 1.94. The minimum atomic E-state index is 0.645. The second-order valence-electron chi connectivity index (χ2n) is 4.20. The zero-order valence-electron chi connectivity index (χ0n) is 9.53. The Morgan fingerprint density at radius 2 is 1.81 bits per heavy atom. The van der Waals surface area contributed by atoms with Crippen molar-refractivity contribution in [2.45, 2.75) is 26.2 Å². The van der Waals surface area contributed by atoms with Gasteiger partial charge in [-0.1, -0.05) is 42.0 Å². The molecule has 16 heavy (non-hydrogen) atoms. The highest BCUT2D eigenvalue weighted by Crippen LogP contribution is 2.18. The van der Waals surface area contributed by atoms with Crippen LogP contribution in [0.2, 0.25) is 0 Å². The number of hydrogen-bond acceptors (Lipinski definition) is 1. The summed E-state index contributed by atoms with van der Waals surface area (Å²) in [4.78, 5) is 0. The van der Waals surface area contributed by atoms with E-state index >= 15 is 0 Å². The number of fused-ring (bicyclic) bond motifs is 1. The fourth-order valence-electron chi connectivity index (χ4n) is 1.94. The van der Waals surface area contributed by atoms with E-state index in [-0.39, 0.29) is 0 Å². The standard InChI is InChI=1S/C15H15N/c1-12-5-7-15-11-13(4-2-3-9-16)6-8-14(15)10-12/h5-8,10-11H,2-4H2,1H3. The molecule has 1 nitrogen and oxygen atoms in total. The van der Waals surface area contributed by atoms with Crippen molar-refractivity contribution in [2.75, 3.05) is 0 Å². The molecule has 2 aromatic rings. The average molecular weight is 209 g/mol. The third-order valence-electron chi connectivity index (χ3n) is 2.81. The molecule has 0 bridgehead atoms. The minimum Gasteiger partial charge on any atom is -0.198 e. The molecule has 2 aromatic carbocycles. The molecule has 80 valence electrons. The van der Waals surface area contributed by atoms with Gasteiger partial charge in [0.15, 0.2) is 0 Å². The van der Waals surface area contributed by atoms with Crippen LogP contribution in [0.5, 0.6) is 0 Å². The van der Waals surface area contributed by atoms with Gasteiger partial charge in [0.1, 0.15) is 0 Å². The molecule has 0 saturated carbocycles. The first-order chi connectivity index (χ1) is 7.79. The highest BCUT2D eigenvalue weighted by molar-refractivity contribution is 5.83. The van der Waals surface area contributed by atoms with Gasteiger partial charge in [-0.15, -0.1) is 0 Å². The van der Waals surface area contributed by atoms with Gasteiger partial charge in [-0.2, -0.15) is 5.26 Å². The molecule has 0 amide bonds. The summed E-state index contributed by atoms with van der Waals surface area (Å²) in [6.45, 7) is 2.11. The summed E-state index contributed by atoms with van der Waals surface area (Å²) in [6.07, 6.45) is 2.59. The van der Waals surface area contributed by atoms with E-state index in [2.05, 4.69) is 49.4 Å². The Bertz CT molecular complexity index is 535. The van der Waals surface area contributed by atoms with Crippen molar-refractivity contribution in [3.05, 3.63) is 47.5 Å². The first-order valence-electron chi connectivity index (χ1n) is 5.66. The van der Waals surface area contributed by atoms with Gasteiger partial charge >= 0.3 is 0 Å². The van der Waals surface area contributed by atoms with Gasteiger partial charge in [-0.05, 0) is 36.1 Å². The Kier molecular flexibility index (Phi) is 3.22. The molecule has 0 heterocycles. The highest BCUT2D eigenvalue weighted by Gasteiger charge is 1.97. The van der Waals surface area contributed by atoms with E-state index < -0.39 is 0 Å².